The van der Waals surface area contributed by atoms with Crippen molar-refractivity contribution in [3.8, 4) is 17.1 Å². The number of carbonyl (C=O) groups is 2. The molecule has 7 unspecified atom stereocenters. The van der Waals surface area contributed by atoms with Gasteiger partial charge in [0, 0.05) is 36.9 Å². The van der Waals surface area contributed by atoms with E-state index in [-0.39, 0.29) is 28.6 Å². The average Bonchev–Trinajstić information content (AvgIpc) is 2.98. The van der Waals surface area contributed by atoms with Gasteiger partial charge in [-0.25, -0.2) is 9.59 Å². The summed E-state index contributed by atoms with van der Waals surface area (Å²) in [4.78, 5) is 40.5. The number of hydrogen-bond acceptors (Lipinski definition) is 9. The van der Waals surface area contributed by atoms with Gasteiger partial charge in [0.15, 0.2) is 0 Å². The van der Waals surface area contributed by atoms with Gasteiger partial charge >= 0.3 is 17.6 Å². The van der Waals surface area contributed by atoms with E-state index in [1.165, 1.54) is 14.0 Å². The van der Waals surface area contributed by atoms with Gasteiger partial charge in [-0.2, -0.15) is 0 Å². The van der Waals surface area contributed by atoms with Crippen LogP contribution in [0.4, 0.5) is 0 Å². The number of esters is 2. The molecule has 3 aromatic rings. The first-order chi connectivity index (χ1) is 20.9. The number of nitrogens with zero attached hydrogens (tertiary/aromatic N) is 1. The summed E-state index contributed by atoms with van der Waals surface area (Å²) in [5.41, 5.74) is 0.111. The van der Waals surface area contributed by atoms with Crippen LogP contribution in [0.25, 0.3) is 11.3 Å². The lowest BCUT2D eigenvalue weighted by Crippen LogP contribution is -2.68. The molecule has 2 aliphatic carbocycles. The highest BCUT2D eigenvalue weighted by molar-refractivity contribution is 5.91. The quantitative estimate of drug-likeness (QED) is 0.356. The highest BCUT2D eigenvalue weighted by Gasteiger charge is 2.66. The van der Waals surface area contributed by atoms with Crippen LogP contribution < -0.4 is 10.4 Å². The summed E-state index contributed by atoms with van der Waals surface area (Å²) < 4.78 is 22.8. The Labute approximate surface area is 257 Å². The molecule has 234 valence electrons. The van der Waals surface area contributed by atoms with E-state index >= 15 is 0 Å². The summed E-state index contributed by atoms with van der Waals surface area (Å²) in [5.74, 6) is 0.0230. The molecule has 7 atom stereocenters. The molecule has 9 nitrogen and oxygen atoms in total. The highest BCUT2D eigenvalue weighted by Crippen LogP contribution is 2.64. The fourth-order valence-electron chi connectivity index (χ4n) is 7.90. The van der Waals surface area contributed by atoms with Crippen molar-refractivity contribution in [3.63, 3.8) is 0 Å². The normalized spacial score (nSPS) is 30.2. The molecule has 1 aliphatic heterocycles. The second-order valence-corrected chi connectivity index (χ2v) is 12.7. The van der Waals surface area contributed by atoms with Crippen LogP contribution in [0.1, 0.15) is 81.0 Å². The third-order valence-corrected chi connectivity index (χ3v) is 10.1. The maximum atomic E-state index is 13.5. The lowest BCUT2D eigenvalue weighted by Gasteiger charge is -2.63. The van der Waals surface area contributed by atoms with E-state index in [2.05, 4.69) is 23.6 Å². The molecule has 0 spiro atoms. The predicted octanol–water partition coefficient (Wildman–Crippen LogP) is 6.06. The van der Waals surface area contributed by atoms with Gasteiger partial charge < -0.3 is 23.7 Å². The third kappa shape index (κ3) is 5.54. The molecule has 2 fully saturated rings. The SMILES string of the molecule is COC(C)=O.Cc1ccccc1C(=O)OC1CC2C(C)CCCC2(C)C2C(O)c3c(cc(-c4cccnc4)oc3=O)OC12C. The van der Waals surface area contributed by atoms with Gasteiger partial charge in [0.25, 0.3) is 0 Å². The average molecular weight is 604 g/mol. The molecule has 1 N–H and O–H groups in total. The van der Waals surface area contributed by atoms with Gasteiger partial charge in [-0.05, 0) is 67.7 Å². The second-order valence-electron chi connectivity index (χ2n) is 12.7. The van der Waals surface area contributed by atoms with E-state index in [0.29, 0.717) is 29.2 Å². The molecular weight excluding hydrogens is 562 g/mol. The van der Waals surface area contributed by atoms with Gasteiger partial charge in [0.05, 0.1) is 18.8 Å². The number of aliphatic hydroxyl groups is 1. The Kier molecular flexibility index (Phi) is 8.71. The minimum Gasteiger partial charge on any atom is -0.482 e. The Morgan fingerprint density at radius 3 is 2.52 bits per heavy atom. The molecule has 44 heavy (non-hydrogen) atoms. The standard InChI is InChI=1S/C32H35NO6.C3H6O2/c1-18-9-5-6-12-21(18)29(35)38-25-15-22-19(2)10-7-13-31(22,3)28-27(34)26-24(39-32(25,28)4)16-23(37-30(26)36)20-11-8-14-33-17-20;1-3(4)5-2/h5-6,8-9,11-12,14,16-17,19,22,25,27-28,34H,7,10,13,15H2,1-4H3;1-2H3. The van der Waals surface area contributed by atoms with E-state index in [4.69, 9.17) is 13.9 Å². The fraction of sp³-hybridized carbons (Fsp3) is 0.486. The Morgan fingerprint density at radius 1 is 1.14 bits per heavy atom. The number of aromatic nitrogens is 1. The minimum atomic E-state index is -1.13. The first-order valence-electron chi connectivity index (χ1n) is 15.2. The van der Waals surface area contributed by atoms with Crippen molar-refractivity contribution in [1.82, 2.24) is 4.98 Å². The lowest BCUT2D eigenvalue weighted by molar-refractivity contribution is -0.233. The van der Waals surface area contributed by atoms with Crippen LogP contribution >= 0.6 is 0 Å². The number of fused-ring (bicyclic) bond motifs is 4. The van der Waals surface area contributed by atoms with Crippen molar-refractivity contribution >= 4 is 11.9 Å². The molecule has 0 amide bonds. The van der Waals surface area contributed by atoms with E-state index in [1.807, 2.05) is 32.0 Å². The molecule has 3 aliphatic rings. The van der Waals surface area contributed by atoms with Crippen LogP contribution in [0.3, 0.4) is 0 Å². The van der Waals surface area contributed by atoms with Crippen LogP contribution in [0.2, 0.25) is 0 Å². The van der Waals surface area contributed by atoms with Crippen molar-refractivity contribution in [3.05, 3.63) is 82.0 Å². The molecule has 6 rings (SSSR count). The van der Waals surface area contributed by atoms with Gasteiger partial charge in [0.1, 0.15) is 28.8 Å². The topological polar surface area (TPSA) is 125 Å². The molecule has 3 heterocycles. The Morgan fingerprint density at radius 2 is 1.86 bits per heavy atom. The maximum Gasteiger partial charge on any atom is 0.345 e. The zero-order chi connectivity index (χ0) is 31.8. The Hall–Kier alpha value is -3.98. The zero-order valence-corrected chi connectivity index (χ0v) is 26.2. The molecule has 2 aromatic heterocycles. The van der Waals surface area contributed by atoms with Gasteiger partial charge in [-0.3, -0.25) is 9.78 Å². The van der Waals surface area contributed by atoms with E-state index in [0.717, 1.165) is 24.8 Å². The first kappa shape index (κ1) is 31.4. The minimum absolute atomic E-state index is 0.134. The summed E-state index contributed by atoms with van der Waals surface area (Å²) in [6.45, 7) is 9.62. The van der Waals surface area contributed by atoms with Gasteiger partial charge in [-0.1, -0.05) is 44.9 Å². The van der Waals surface area contributed by atoms with Crippen LogP contribution in [-0.2, 0) is 14.3 Å². The molecule has 0 saturated heterocycles. The monoisotopic (exact) mass is 603 g/mol. The molecular formula is C35H41NO8. The molecule has 9 heteroatoms. The van der Waals surface area contributed by atoms with Crippen molar-refractivity contribution in [2.45, 2.75) is 78.1 Å². The van der Waals surface area contributed by atoms with E-state index in [9.17, 15) is 19.5 Å². The number of ether oxygens (including phenoxy) is 3. The number of pyridine rings is 1. The predicted molar refractivity (Wildman–Crippen MR) is 163 cm³/mol. The smallest absolute Gasteiger partial charge is 0.345 e. The largest absolute Gasteiger partial charge is 0.482 e. The van der Waals surface area contributed by atoms with Crippen molar-refractivity contribution in [1.29, 1.82) is 0 Å². The van der Waals surface area contributed by atoms with Crippen molar-refractivity contribution < 1.29 is 33.3 Å². The van der Waals surface area contributed by atoms with Crippen molar-refractivity contribution in [2.75, 3.05) is 7.11 Å². The number of carbonyl (C=O) groups excluding carboxylic acids is 2. The van der Waals surface area contributed by atoms with Crippen LogP contribution in [0.5, 0.6) is 5.75 Å². The first-order valence-corrected chi connectivity index (χ1v) is 15.2. The van der Waals surface area contributed by atoms with Gasteiger partial charge in [-0.15, -0.1) is 0 Å². The van der Waals surface area contributed by atoms with Crippen LogP contribution in [0, 0.1) is 30.1 Å². The summed E-state index contributed by atoms with van der Waals surface area (Å²) >= 11 is 0. The summed E-state index contributed by atoms with van der Waals surface area (Å²) in [6, 6.07) is 12.6. The molecule has 0 radical (unpaired) electrons. The van der Waals surface area contributed by atoms with E-state index < -0.39 is 35.3 Å². The third-order valence-electron chi connectivity index (χ3n) is 10.1. The number of rotatable bonds is 3. The van der Waals surface area contributed by atoms with Gasteiger partial charge in [0.2, 0.25) is 0 Å². The molecule has 2 saturated carbocycles. The molecule has 0 bridgehead atoms. The zero-order valence-electron chi connectivity index (χ0n) is 26.2. The second kappa shape index (κ2) is 12.2. The Bertz CT molecular complexity index is 1590. The molecule has 1 aromatic carbocycles. The number of aliphatic hydroxyl groups excluding tert-OH is 1. The maximum absolute atomic E-state index is 13.5. The number of hydrogen-bond donors (Lipinski definition) is 1. The number of aryl methyl sites for hydroxylation is 1. The number of benzene rings is 1. The van der Waals surface area contributed by atoms with Crippen molar-refractivity contribution in [2.24, 2.45) is 23.2 Å². The highest BCUT2D eigenvalue weighted by atomic mass is 16.6. The van der Waals surface area contributed by atoms with Crippen LogP contribution in [-0.4, -0.2) is 40.8 Å². The Balaban J connectivity index is 0.000000712. The van der Waals surface area contributed by atoms with Crippen LogP contribution in [0.15, 0.2) is 64.1 Å². The summed E-state index contributed by atoms with van der Waals surface area (Å²) in [7, 11) is 1.35. The lowest BCUT2D eigenvalue weighted by atomic mass is 9.46. The fourth-order valence-corrected chi connectivity index (χ4v) is 7.90. The van der Waals surface area contributed by atoms with E-state index in [1.54, 1.807) is 36.7 Å². The number of methoxy groups -OCH3 is 1. The summed E-state index contributed by atoms with van der Waals surface area (Å²) in [6.07, 6.45) is 5.13. The summed E-state index contributed by atoms with van der Waals surface area (Å²) in [5, 5.41) is 12.0.